The van der Waals surface area contributed by atoms with E-state index in [2.05, 4.69) is 14.6 Å². The second kappa shape index (κ2) is 13.1. The van der Waals surface area contributed by atoms with E-state index >= 15 is 0 Å². The number of nitrogens with one attached hydrogen (secondary N) is 1. The van der Waals surface area contributed by atoms with Gasteiger partial charge < -0.3 is 20.0 Å². The number of rotatable bonds is 8. The number of alkyl halides is 3. The SMILES string of the molecule is CCS(=O)(=O)Nc1cnc(N2CCC(CCN3CCCCC3)CC2)c(C(=O)O)c1.O=C(O)C(F)(F)F. The summed E-state index contributed by atoms with van der Waals surface area (Å²) >= 11 is 0. The van der Waals surface area contributed by atoms with Crippen molar-refractivity contribution in [2.24, 2.45) is 5.92 Å². The summed E-state index contributed by atoms with van der Waals surface area (Å²) in [6.45, 7) is 6.68. The number of halogens is 3. The summed E-state index contributed by atoms with van der Waals surface area (Å²) in [5, 5.41) is 16.7. The number of aliphatic carboxylic acids is 1. The zero-order chi connectivity index (χ0) is 26.9. The number of carboxylic acids is 2. The van der Waals surface area contributed by atoms with Gasteiger partial charge in [-0.3, -0.25) is 4.72 Å². The molecular formula is C22H33F3N4O6S. The average molecular weight is 539 g/mol. The van der Waals surface area contributed by atoms with Crippen LogP contribution in [0.3, 0.4) is 0 Å². The Balaban J connectivity index is 0.000000572. The molecule has 36 heavy (non-hydrogen) atoms. The maximum absolute atomic E-state index is 11.7. The molecule has 3 heterocycles. The lowest BCUT2D eigenvalue weighted by atomic mass is 9.93. The normalized spacial score (nSPS) is 17.7. The third kappa shape index (κ3) is 9.45. The molecule has 0 saturated carbocycles. The zero-order valence-electron chi connectivity index (χ0n) is 20.1. The highest BCUT2D eigenvalue weighted by Gasteiger charge is 2.38. The largest absolute Gasteiger partial charge is 0.490 e. The highest BCUT2D eigenvalue weighted by atomic mass is 32.2. The van der Waals surface area contributed by atoms with Crippen molar-refractivity contribution >= 4 is 33.5 Å². The predicted molar refractivity (Wildman–Crippen MR) is 128 cm³/mol. The molecule has 1 aromatic heterocycles. The number of piperidine rings is 2. The highest BCUT2D eigenvalue weighted by Crippen LogP contribution is 2.28. The third-order valence-electron chi connectivity index (χ3n) is 6.21. The third-order valence-corrected chi connectivity index (χ3v) is 7.52. The molecule has 204 valence electrons. The molecule has 0 aromatic carbocycles. The molecule has 0 aliphatic carbocycles. The summed E-state index contributed by atoms with van der Waals surface area (Å²) in [4.78, 5) is 29.5. The molecule has 1 aromatic rings. The number of anilines is 2. The van der Waals surface area contributed by atoms with Crippen LogP contribution in [0, 0.1) is 5.92 Å². The molecule has 14 heteroatoms. The van der Waals surface area contributed by atoms with Gasteiger partial charge in [-0.25, -0.2) is 23.0 Å². The van der Waals surface area contributed by atoms with Gasteiger partial charge in [0.2, 0.25) is 10.0 Å². The van der Waals surface area contributed by atoms with Crippen LogP contribution in [0.1, 0.15) is 55.8 Å². The van der Waals surface area contributed by atoms with Crippen molar-refractivity contribution < 1.29 is 41.4 Å². The van der Waals surface area contributed by atoms with E-state index in [-0.39, 0.29) is 17.0 Å². The smallest absolute Gasteiger partial charge is 0.478 e. The van der Waals surface area contributed by atoms with Crippen molar-refractivity contribution in [3.63, 3.8) is 0 Å². The second-order valence-corrected chi connectivity index (χ2v) is 10.8. The number of pyridine rings is 1. The molecule has 2 fully saturated rings. The minimum atomic E-state index is -5.08. The Morgan fingerprint density at radius 2 is 1.69 bits per heavy atom. The van der Waals surface area contributed by atoms with Crippen molar-refractivity contribution in [2.45, 2.75) is 51.6 Å². The Kier molecular flexibility index (Phi) is 10.8. The van der Waals surface area contributed by atoms with Gasteiger partial charge in [0.15, 0.2) is 0 Å². The summed E-state index contributed by atoms with van der Waals surface area (Å²) in [6.07, 6.45) is 3.55. The quantitative estimate of drug-likeness (QED) is 0.455. The number of nitrogens with zero attached hydrogens (tertiary/aromatic N) is 3. The lowest BCUT2D eigenvalue weighted by molar-refractivity contribution is -0.192. The van der Waals surface area contributed by atoms with Crippen molar-refractivity contribution in [3.05, 3.63) is 17.8 Å². The number of carboxylic acid groups (broad SMARTS) is 2. The summed E-state index contributed by atoms with van der Waals surface area (Å²) in [5.74, 6) is -2.85. The standard InChI is InChI=1S/C20H32N4O4S.C2HF3O2/c1-2-29(27,28)22-17-14-18(20(25)26)19(21-15-17)24-12-7-16(8-13-24)6-11-23-9-4-3-5-10-23;3-2(4,5)1(6)7/h14-16,22H,2-13H2,1H3,(H,25,26);(H,6,7). The first-order valence-corrected chi connectivity index (χ1v) is 13.5. The van der Waals surface area contributed by atoms with Gasteiger partial charge in [-0.15, -0.1) is 0 Å². The average Bonchev–Trinajstić information content (AvgIpc) is 2.83. The Hall–Kier alpha value is -2.61. The van der Waals surface area contributed by atoms with Crippen LogP contribution < -0.4 is 9.62 Å². The lowest BCUT2D eigenvalue weighted by Crippen LogP contribution is -2.37. The molecule has 3 N–H and O–H groups in total. The van der Waals surface area contributed by atoms with Crippen LogP contribution in [0.25, 0.3) is 0 Å². The fraction of sp³-hybridized carbons (Fsp3) is 0.682. The number of sulfonamides is 1. The van der Waals surface area contributed by atoms with E-state index in [0.29, 0.717) is 11.7 Å². The Labute approximate surface area is 208 Å². The van der Waals surface area contributed by atoms with Crippen LogP contribution in [0.5, 0.6) is 0 Å². The van der Waals surface area contributed by atoms with E-state index < -0.39 is 28.1 Å². The fourth-order valence-electron chi connectivity index (χ4n) is 4.16. The summed E-state index contributed by atoms with van der Waals surface area (Å²) in [7, 11) is -3.48. The molecule has 0 bridgehead atoms. The summed E-state index contributed by atoms with van der Waals surface area (Å²) in [5.41, 5.74) is 0.220. The minimum Gasteiger partial charge on any atom is -0.478 e. The van der Waals surface area contributed by atoms with Gasteiger partial charge in [-0.2, -0.15) is 13.2 Å². The van der Waals surface area contributed by atoms with Crippen molar-refractivity contribution in [2.75, 3.05) is 48.1 Å². The monoisotopic (exact) mass is 538 g/mol. The van der Waals surface area contributed by atoms with E-state index in [1.807, 2.05) is 4.90 Å². The van der Waals surface area contributed by atoms with Gasteiger partial charge in [0.25, 0.3) is 0 Å². The maximum Gasteiger partial charge on any atom is 0.490 e. The zero-order valence-corrected chi connectivity index (χ0v) is 20.9. The first-order valence-electron chi connectivity index (χ1n) is 11.8. The molecule has 0 amide bonds. The van der Waals surface area contributed by atoms with Crippen LogP contribution in [-0.4, -0.2) is 85.1 Å². The van der Waals surface area contributed by atoms with Crippen LogP contribution in [0.4, 0.5) is 24.7 Å². The molecular weight excluding hydrogens is 505 g/mol. The molecule has 0 atom stereocenters. The molecule has 2 aliphatic heterocycles. The van der Waals surface area contributed by atoms with E-state index in [1.165, 1.54) is 58.0 Å². The van der Waals surface area contributed by atoms with E-state index in [9.17, 15) is 31.5 Å². The van der Waals surface area contributed by atoms with Gasteiger partial charge in [0.05, 0.1) is 17.6 Å². The summed E-state index contributed by atoms with van der Waals surface area (Å²) in [6, 6.07) is 1.36. The Morgan fingerprint density at radius 3 is 2.19 bits per heavy atom. The number of hydrogen-bond acceptors (Lipinski definition) is 7. The molecule has 0 unspecified atom stereocenters. The molecule has 0 radical (unpaired) electrons. The number of likely N-dealkylation sites (tertiary alicyclic amines) is 1. The van der Waals surface area contributed by atoms with Crippen LogP contribution in [0.2, 0.25) is 0 Å². The van der Waals surface area contributed by atoms with Crippen molar-refractivity contribution in [3.8, 4) is 0 Å². The van der Waals surface area contributed by atoms with Gasteiger partial charge in [0.1, 0.15) is 11.4 Å². The first-order chi connectivity index (χ1) is 16.8. The minimum absolute atomic E-state index is 0.0352. The van der Waals surface area contributed by atoms with Crippen LogP contribution in [0.15, 0.2) is 12.3 Å². The topological polar surface area (TPSA) is 140 Å². The van der Waals surface area contributed by atoms with Gasteiger partial charge >= 0.3 is 18.1 Å². The molecule has 10 nitrogen and oxygen atoms in total. The molecule has 0 spiro atoms. The number of aromatic nitrogens is 1. The van der Waals surface area contributed by atoms with Gasteiger partial charge in [-0.05, 0) is 70.6 Å². The molecule has 2 aliphatic rings. The van der Waals surface area contributed by atoms with Crippen LogP contribution >= 0.6 is 0 Å². The molecule has 2 saturated heterocycles. The van der Waals surface area contributed by atoms with Crippen LogP contribution in [-0.2, 0) is 14.8 Å². The maximum atomic E-state index is 11.7. The number of aromatic carboxylic acids is 1. The fourth-order valence-corrected chi connectivity index (χ4v) is 4.77. The van der Waals surface area contributed by atoms with Crippen molar-refractivity contribution in [1.82, 2.24) is 9.88 Å². The first kappa shape index (κ1) is 29.6. The Morgan fingerprint density at radius 1 is 1.11 bits per heavy atom. The van der Waals surface area contributed by atoms with E-state index in [0.717, 1.165) is 32.5 Å². The van der Waals surface area contributed by atoms with E-state index in [1.54, 1.807) is 0 Å². The second-order valence-electron chi connectivity index (χ2n) is 8.83. The lowest BCUT2D eigenvalue weighted by Gasteiger charge is -2.35. The van der Waals surface area contributed by atoms with Crippen molar-refractivity contribution in [1.29, 1.82) is 0 Å². The molecule has 3 rings (SSSR count). The van der Waals surface area contributed by atoms with Gasteiger partial charge in [0, 0.05) is 13.1 Å². The summed E-state index contributed by atoms with van der Waals surface area (Å²) < 4.78 is 57.6. The Bertz CT molecular complexity index is 992. The predicted octanol–water partition coefficient (Wildman–Crippen LogP) is 3.27. The number of hydrogen-bond donors (Lipinski definition) is 3. The van der Waals surface area contributed by atoms with Gasteiger partial charge in [-0.1, -0.05) is 6.42 Å². The van der Waals surface area contributed by atoms with E-state index in [4.69, 9.17) is 9.90 Å². The highest BCUT2D eigenvalue weighted by molar-refractivity contribution is 7.92. The number of carbonyl (C=O) groups is 2.